The molecule has 0 bridgehead atoms. The molecule has 1 saturated carbocycles. The molecule has 1 fully saturated rings. The summed E-state index contributed by atoms with van der Waals surface area (Å²) in [6.07, 6.45) is 11.6. The fourth-order valence-corrected chi connectivity index (χ4v) is 2.86. The van der Waals surface area contributed by atoms with Gasteiger partial charge in [-0.3, -0.25) is 0 Å². The minimum Gasteiger partial charge on any atom is -0.377 e. The van der Waals surface area contributed by atoms with E-state index in [1.165, 1.54) is 12.8 Å². The highest BCUT2D eigenvalue weighted by molar-refractivity contribution is 6.25. The van der Waals surface area contributed by atoms with Gasteiger partial charge >= 0.3 is 0 Å². The van der Waals surface area contributed by atoms with Crippen molar-refractivity contribution in [3.05, 3.63) is 35.4 Å². The van der Waals surface area contributed by atoms with Gasteiger partial charge in [0.05, 0.1) is 6.61 Å². The molecule has 0 aromatic carbocycles. The largest absolute Gasteiger partial charge is 0.377 e. The lowest BCUT2D eigenvalue weighted by molar-refractivity contribution is 0.121. The van der Waals surface area contributed by atoms with Crippen LogP contribution in [0.4, 0.5) is 0 Å². The van der Waals surface area contributed by atoms with Crippen molar-refractivity contribution in [2.24, 2.45) is 5.92 Å². The van der Waals surface area contributed by atoms with Crippen LogP contribution in [-0.2, 0) is 11.3 Å². The number of hydrogen-bond donors (Lipinski definition) is 0. The van der Waals surface area contributed by atoms with Crippen LogP contribution < -0.4 is 0 Å². The van der Waals surface area contributed by atoms with Crippen molar-refractivity contribution in [2.45, 2.75) is 51.6 Å². The Balaban J connectivity index is 1.84. The summed E-state index contributed by atoms with van der Waals surface area (Å²) in [5.41, 5.74) is 2.70. The number of halogens is 1. The minimum absolute atomic E-state index is 0.501. The molecule has 3 nitrogen and oxygen atoms in total. The standard InChI is InChI=1S/C16H23ClN2O/c1-2-9-20-12-14-10-18-16(19-11-14)15-5-3-13(4-6-15)7-8-17/h7-8,10-11,13,15H,2-6,9,12H2,1H3/b8-7+. The van der Waals surface area contributed by atoms with E-state index < -0.39 is 0 Å². The number of rotatable bonds is 6. The number of ether oxygens (including phenoxy) is 1. The number of aromatic nitrogens is 2. The average molecular weight is 295 g/mol. The summed E-state index contributed by atoms with van der Waals surface area (Å²) in [6.45, 7) is 3.51. The summed E-state index contributed by atoms with van der Waals surface area (Å²) in [6, 6.07) is 0. The van der Waals surface area contributed by atoms with Gasteiger partial charge < -0.3 is 4.74 Å². The third-order valence-electron chi connectivity index (χ3n) is 3.82. The highest BCUT2D eigenvalue weighted by Gasteiger charge is 2.22. The maximum atomic E-state index is 5.64. The highest BCUT2D eigenvalue weighted by atomic mass is 35.5. The van der Waals surface area contributed by atoms with Crippen molar-refractivity contribution in [1.82, 2.24) is 9.97 Å². The van der Waals surface area contributed by atoms with E-state index in [0.717, 1.165) is 37.3 Å². The molecule has 110 valence electrons. The molecule has 0 unspecified atom stereocenters. The lowest BCUT2D eigenvalue weighted by Gasteiger charge is -2.25. The van der Waals surface area contributed by atoms with Gasteiger partial charge in [0.15, 0.2) is 0 Å². The molecule has 1 aliphatic carbocycles. The molecule has 1 heterocycles. The third kappa shape index (κ3) is 4.57. The van der Waals surface area contributed by atoms with Gasteiger partial charge in [-0.15, -0.1) is 0 Å². The summed E-state index contributed by atoms with van der Waals surface area (Å²) in [5, 5.41) is 0. The van der Waals surface area contributed by atoms with E-state index in [2.05, 4.69) is 23.0 Å². The molecule has 1 aliphatic rings. The van der Waals surface area contributed by atoms with E-state index in [4.69, 9.17) is 16.3 Å². The first-order valence-corrected chi connectivity index (χ1v) is 7.92. The van der Waals surface area contributed by atoms with Gasteiger partial charge in [-0.25, -0.2) is 9.97 Å². The van der Waals surface area contributed by atoms with Gasteiger partial charge in [-0.1, -0.05) is 24.6 Å². The molecule has 0 amide bonds. The molecular weight excluding hydrogens is 272 g/mol. The Morgan fingerprint density at radius 2 is 1.95 bits per heavy atom. The first-order chi connectivity index (χ1) is 9.83. The van der Waals surface area contributed by atoms with Gasteiger partial charge in [0.2, 0.25) is 0 Å². The van der Waals surface area contributed by atoms with Crippen molar-refractivity contribution in [3.8, 4) is 0 Å². The van der Waals surface area contributed by atoms with Crippen LogP contribution in [0.25, 0.3) is 0 Å². The van der Waals surface area contributed by atoms with Crippen LogP contribution in [0, 0.1) is 5.92 Å². The van der Waals surface area contributed by atoms with Crippen molar-refractivity contribution < 1.29 is 4.74 Å². The molecule has 1 aromatic heterocycles. The van der Waals surface area contributed by atoms with Crippen LogP contribution in [0.1, 0.15) is 56.3 Å². The molecule has 0 aliphatic heterocycles. The average Bonchev–Trinajstić information content (AvgIpc) is 2.49. The normalized spacial score (nSPS) is 23.3. The van der Waals surface area contributed by atoms with E-state index in [1.54, 1.807) is 5.54 Å². The molecule has 0 atom stereocenters. The monoisotopic (exact) mass is 294 g/mol. The number of hydrogen-bond acceptors (Lipinski definition) is 3. The molecule has 4 heteroatoms. The van der Waals surface area contributed by atoms with E-state index in [9.17, 15) is 0 Å². The van der Waals surface area contributed by atoms with Gasteiger partial charge in [0, 0.05) is 36.0 Å². The third-order valence-corrected chi connectivity index (χ3v) is 3.97. The first-order valence-electron chi connectivity index (χ1n) is 7.49. The van der Waals surface area contributed by atoms with Crippen LogP contribution in [0.15, 0.2) is 24.0 Å². The fraction of sp³-hybridized carbons (Fsp3) is 0.625. The van der Waals surface area contributed by atoms with E-state index in [-0.39, 0.29) is 0 Å². The van der Waals surface area contributed by atoms with Crippen LogP contribution in [0.5, 0.6) is 0 Å². The van der Waals surface area contributed by atoms with Crippen LogP contribution in [0.3, 0.4) is 0 Å². The molecule has 20 heavy (non-hydrogen) atoms. The Hall–Kier alpha value is -0.930. The van der Waals surface area contributed by atoms with Crippen LogP contribution >= 0.6 is 11.6 Å². The molecule has 0 saturated heterocycles. The summed E-state index contributed by atoms with van der Waals surface area (Å²) < 4.78 is 5.50. The summed E-state index contributed by atoms with van der Waals surface area (Å²) >= 11 is 5.64. The van der Waals surface area contributed by atoms with Crippen LogP contribution in [-0.4, -0.2) is 16.6 Å². The van der Waals surface area contributed by atoms with Gasteiger partial charge in [-0.2, -0.15) is 0 Å². The topological polar surface area (TPSA) is 35.0 Å². The summed E-state index contributed by atoms with van der Waals surface area (Å²) in [7, 11) is 0. The maximum Gasteiger partial charge on any atom is 0.131 e. The lowest BCUT2D eigenvalue weighted by Crippen LogP contribution is -2.14. The second kappa shape index (κ2) is 8.38. The molecule has 2 rings (SSSR count). The summed E-state index contributed by atoms with van der Waals surface area (Å²) in [4.78, 5) is 9.03. The predicted octanol–water partition coefficient (Wildman–Crippen LogP) is 4.43. The molecule has 1 aromatic rings. The zero-order valence-corrected chi connectivity index (χ0v) is 12.9. The highest BCUT2D eigenvalue weighted by Crippen LogP contribution is 2.34. The van der Waals surface area contributed by atoms with E-state index in [1.807, 2.05) is 12.4 Å². The zero-order valence-electron chi connectivity index (χ0n) is 12.1. The van der Waals surface area contributed by atoms with Crippen molar-refractivity contribution in [3.63, 3.8) is 0 Å². The van der Waals surface area contributed by atoms with Crippen molar-refractivity contribution in [1.29, 1.82) is 0 Å². The summed E-state index contributed by atoms with van der Waals surface area (Å²) in [5.74, 6) is 2.11. The Kier molecular flexibility index (Phi) is 6.48. The first kappa shape index (κ1) is 15.5. The van der Waals surface area contributed by atoms with Gasteiger partial charge in [-0.05, 0) is 38.0 Å². The molecular formula is C16H23ClN2O. The number of nitrogens with zero attached hydrogens (tertiary/aromatic N) is 2. The smallest absolute Gasteiger partial charge is 0.131 e. The predicted molar refractivity (Wildman–Crippen MR) is 81.7 cm³/mol. The Bertz CT molecular complexity index is 411. The number of allylic oxidation sites excluding steroid dienone is 1. The quantitative estimate of drug-likeness (QED) is 0.728. The Labute approximate surface area is 126 Å². The zero-order chi connectivity index (χ0) is 14.2. The lowest BCUT2D eigenvalue weighted by atomic mass is 9.82. The Morgan fingerprint density at radius 1 is 1.25 bits per heavy atom. The van der Waals surface area contributed by atoms with E-state index in [0.29, 0.717) is 18.4 Å². The van der Waals surface area contributed by atoms with Gasteiger partial charge in [0.1, 0.15) is 5.82 Å². The SMILES string of the molecule is CCCOCc1cnc(C2CCC(/C=C/Cl)CC2)nc1. The fourth-order valence-electron chi connectivity index (χ4n) is 2.66. The van der Waals surface area contributed by atoms with Crippen LogP contribution in [0.2, 0.25) is 0 Å². The Morgan fingerprint density at radius 3 is 2.55 bits per heavy atom. The second-order valence-electron chi connectivity index (χ2n) is 5.43. The maximum absolute atomic E-state index is 5.64. The van der Waals surface area contributed by atoms with Gasteiger partial charge in [0.25, 0.3) is 0 Å². The van der Waals surface area contributed by atoms with E-state index >= 15 is 0 Å². The van der Waals surface area contributed by atoms with Crippen molar-refractivity contribution in [2.75, 3.05) is 6.61 Å². The second-order valence-corrected chi connectivity index (χ2v) is 5.68. The van der Waals surface area contributed by atoms with Crippen molar-refractivity contribution >= 4 is 11.6 Å². The molecule has 0 spiro atoms. The molecule has 0 radical (unpaired) electrons. The molecule has 0 N–H and O–H groups in total. The minimum atomic E-state index is 0.501.